The standard InChI is InChI=1S/C20H17N5OS/c26-20(25-16-9-14(16)12-4-2-1-3-5-12)22-13-6-7-15-17(8-13)24-19(23-15)18-10-27-11-21-18/h1-8,10-11,14,16H,9H2,(H,23,24)(H2,22,25,26). The number of aromatic amines is 1. The number of hydrogen-bond acceptors (Lipinski definition) is 4. The SMILES string of the molecule is O=C(Nc1ccc2[nH]c(-c3cscn3)nc2c1)NC1CC1c1ccccc1. The number of nitrogens with zero attached hydrogens (tertiary/aromatic N) is 2. The molecule has 2 aromatic heterocycles. The van der Waals surface area contributed by atoms with Crippen molar-refractivity contribution in [3.63, 3.8) is 0 Å². The number of H-pyrrole nitrogens is 1. The van der Waals surface area contributed by atoms with Gasteiger partial charge in [0.05, 0.1) is 16.5 Å². The van der Waals surface area contributed by atoms with E-state index < -0.39 is 0 Å². The molecule has 2 aromatic carbocycles. The number of thiazole rings is 1. The predicted octanol–water partition coefficient (Wildman–Crippen LogP) is 4.36. The van der Waals surface area contributed by atoms with Crippen LogP contribution in [0.1, 0.15) is 17.9 Å². The average Bonchev–Trinajstić information content (AvgIpc) is 3.09. The molecule has 6 nitrogen and oxygen atoms in total. The summed E-state index contributed by atoms with van der Waals surface area (Å²) in [6.07, 6.45) is 0.979. The number of urea groups is 1. The number of carbonyl (C=O) groups excluding carboxylic acids is 1. The Morgan fingerprint density at radius 1 is 1.19 bits per heavy atom. The van der Waals surface area contributed by atoms with Crippen LogP contribution in [0.4, 0.5) is 10.5 Å². The van der Waals surface area contributed by atoms with Crippen LogP contribution in [0, 0.1) is 0 Å². The van der Waals surface area contributed by atoms with E-state index in [9.17, 15) is 4.79 Å². The second-order valence-corrected chi connectivity index (χ2v) is 7.37. The van der Waals surface area contributed by atoms with Gasteiger partial charge in [-0.2, -0.15) is 0 Å². The van der Waals surface area contributed by atoms with E-state index in [0.717, 1.165) is 29.0 Å². The average molecular weight is 375 g/mol. The number of hydrogen-bond donors (Lipinski definition) is 3. The van der Waals surface area contributed by atoms with Crippen molar-refractivity contribution in [2.45, 2.75) is 18.4 Å². The van der Waals surface area contributed by atoms with Gasteiger partial charge < -0.3 is 15.6 Å². The van der Waals surface area contributed by atoms with E-state index in [1.54, 1.807) is 5.51 Å². The molecule has 0 saturated heterocycles. The number of benzene rings is 2. The van der Waals surface area contributed by atoms with Gasteiger partial charge in [0.2, 0.25) is 0 Å². The minimum absolute atomic E-state index is 0.187. The highest BCUT2D eigenvalue weighted by molar-refractivity contribution is 7.07. The van der Waals surface area contributed by atoms with Crippen molar-refractivity contribution in [2.24, 2.45) is 0 Å². The van der Waals surface area contributed by atoms with Gasteiger partial charge in [-0.15, -0.1) is 11.3 Å². The van der Waals surface area contributed by atoms with Crippen LogP contribution in [0.5, 0.6) is 0 Å². The van der Waals surface area contributed by atoms with Crippen LogP contribution < -0.4 is 10.6 Å². The molecule has 2 unspecified atom stereocenters. The van der Waals surface area contributed by atoms with E-state index in [1.807, 2.05) is 41.8 Å². The first-order chi connectivity index (χ1) is 13.3. The summed E-state index contributed by atoms with van der Waals surface area (Å²) < 4.78 is 0. The van der Waals surface area contributed by atoms with Crippen molar-refractivity contribution in [2.75, 3.05) is 5.32 Å². The lowest BCUT2D eigenvalue weighted by Gasteiger charge is -2.07. The quantitative estimate of drug-likeness (QED) is 0.495. The normalized spacial score (nSPS) is 18.4. The molecule has 0 spiro atoms. The highest BCUT2D eigenvalue weighted by Gasteiger charge is 2.39. The summed E-state index contributed by atoms with van der Waals surface area (Å²) in [6, 6.07) is 15.9. The Hall–Kier alpha value is -3.19. The molecule has 1 saturated carbocycles. The number of nitrogens with one attached hydrogen (secondary N) is 3. The number of imidazole rings is 1. The number of rotatable bonds is 4. The van der Waals surface area contributed by atoms with E-state index in [2.05, 4.69) is 37.7 Å². The second-order valence-electron chi connectivity index (χ2n) is 6.65. The minimum atomic E-state index is -0.187. The first kappa shape index (κ1) is 16.0. The van der Waals surface area contributed by atoms with Gasteiger partial charge in [-0.3, -0.25) is 0 Å². The molecule has 2 amide bonds. The first-order valence-electron chi connectivity index (χ1n) is 8.77. The Labute approximate surface area is 159 Å². The molecule has 1 aliphatic rings. The van der Waals surface area contributed by atoms with Crippen molar-refractivity contribution < 1.29 is 4.79 Å². The van der Waals surface area contributed by atoms with Crippen LogP contribution in [0.3, 0.4) is 0 Å². The number of anilines is 1. The van der Waals surface area contributed by atoms with Crippen molar-refractivity contribution >= 4 is 34.1 Å². The summed E-state index contributed by atoms with van der Waals surface area (Å²) in [4.78, 5) is 24.4. The molecule has 2 atom stereocenters. The minimum Gasteiger partial charge on any atom is -0.337 e. The lowest BCUT2D eigenvalue weighted by atomic mass is 10.1. The third-order valence-corrected chi connectivity index (χ3v) is 5.34. The van der Waals surface area contributed by atoms with Gasteiger partial charge >= 0.3 is 6.03 Å². The number of fused-ring (bicyclic) bond motifs is 1. The fourth-order valence-electron chi connectivity index (χ4n) is 3.29. The number of aromatic nitrogens is 3. The molecule has 4 aromatic rings. The van der Waals surface area contributed by atoms with Gasteiger partial charge in [-0.25, -0.2) is 14.8 Å². The van der Waals surface area contributed by atoms with Crippen molar-refractivity contribution in [3.05, 3.63) is 65.0 Å². The summed E-state index contributed by atoms with van der Waals surface area (Å²) in [7, 11) is 0. The highest BCUT2D eigenvalue weighted by atomic mass is 32.1. The molecule has 5 rings (SSSR count). The van der Waals surface area contributed by atoms with Crippen LogP contribution in [0.15, 0.2) is 59.4 Å². The van der Waals surface area contributed by atoms with Crippen LogP contribution in [0.2, 0.25) is 0 Å². The Morgan fingerprint density at radius 2 is 2.07 bits per heavy atom. The second kappa shape index (κ2) is 6.51. The van der Waals surface area contributed by atoms with Crippen molar-refractivity contribution in [1.82, 2.24) is 20.3 Å². The summed E-state index contributed by atoms with van der Waals surface area (Å²) in [6.45, 7) is 0. The van der Waals surface area contributed by atoms with Crippen molar-refractivity contribution in [1.29, 1.82) is 0 Å². The maximum Gasteiger partial charge on any atom is 0.319 e. The molecule has 134 valence electrons. The molecule has 3 N–H and O–H groups in total. The van der Waals surface area contributed by atoms with Gasteiger partial charge in [0.15, 0.2) is 5.82 Å². The van der Waals surface area contributed by atoms with Gasteiger partial charge in [-0.1, -0.05) is 30.3 Å². The summed E-state index contributed by atoms with van der Waals surface area (Å²) in [5, 5.41) is 7.89. The van der Waals surface area contributed by atoms with E-state index in [0.29, 0.717) is 11.6 Å². The zero-order valence-electron chi connectivity index (χ0n) is 14.3. The molecule has 0 radical (unpaired) electrons. The molecular formula is C20H17N5OS. The summed E-state index contributed by atoms with van der Waals surface area (Å²) >= 11 is 1.53. The molecule has 27 heavy (non-hydrogen) atoms. The maximum absolute atomic E-state index is 12.3. The Morgan fingerprint density at radius 3 is 2.89 bits per heavy atom. The van der Waals surface area contributed by atoms with E-state index in [1.165, 1.54) is 16.9 Å². The summed E-state index contributed by atoms with van der Waals surface area (Å²) in [5.74, 6) is 1.14. The van der Waals surface area contributed by atoms with E-state index in [4.69, 9.17) is 0 Å². The molecule has 1 aliphatic carbocycles. The lowest BCUT2D eigenvalue weighted by molar-refractivity contribution is 0.251. The largest absolute Gasteiger partial charge is 0.337 e. The molecule has 0 aliphatic heterocycles. The third-order valence-electron chi connectivity index (χ3n) is 4.75. The zero-order valence-corrected chi connectivity index (χ0v) is 15.2. The molecule has 2 heterocycles. The van der Waals surface area contributed by atoms with Gasteiger partial charge in [0.1, 0.15) is 5.69 Å². The molecular weight excluding hydrogens is 358 g/mol. The Bertz CT molecular complexity index is 1090. The van der Waals surface area contributed by atoms with E-state index in [-0.39, 0.29) is 12.1 Å². The van der Waals surface area contributed by atoms with Crippen LogP contribution >= 0.6 is 11.3 Å². The smallest absolute Gasteiger partial charge is 0.319 e. The predicted molar refractivity (Wildman–Crippen MR) is 107 cm³/mol. The van der Waals surface area contributed by atoms with E-state index >= 15 is 0 Å². The fraction of sp³-hybridized carbons (Fsp3) is 0.150. The highest BCUT2D eigenvalue weighted by Crippen LogP contribution is 2.40. The van der Waals surface area contributed by atoms with Crippen molar-refractivity contribution in [3.8, 4) is 11.5 Å². The molecule has 1 fully saturated rings. The number of carbonyl (C=O) groups is 1. The van der Waals surface area contributed by atoms with Gasteiger partial charge in [0, 0.05) is 23.0 Å². The molecule has 0 bridgehead atoms. The van der Waals surface area contributed by atoms with Gasteiger partial charge in [-0.05, 0) is 30.2 Å². The number of amides is 2. The topological polar surface area (TPSA) is 82.7 Å². The van der Waals surface area contributed by atoms with Gasteiger partial charge in [0.25, 0.3) is 0 Å². The Balaban J connectivity index is 1.25. The van der Waals surface area contributed by atoms with Crippen LogP contribution in [-0.4, -0.2) is 27.0 Å². The van der Waals surface area contributed by atoms with Crippen LogP contribution in [-0.2, 0) is 0 Å². The monoisotopic (exact) mass is 375 g/mol. The zero-order chi connectivity index (χ0) is 18.2. The summed E-state index contributed by atoms with van der Waals surface area (Å²) in [5.41, 5.74) is 6.30. The molecule has 7 heteroatoms. The third kappa shape index (κ3) is 3.29. The lowest BCUT2D eigenvalue weighted by Crippen LogP contribution is -2.31. The van der Waals surface area contributed by atoms with Crippen LogP contribution in [0.25, 0.3) is 22.6 Å². The Kier molecular flexibility index (Phi) is 3.86. The maximum atomic E-state index is 12.3. The first-order valence-corrected chi connectivity index (χ1v) is 9.71. The fourth-order valence-corrected chi connectivity index (χ4v) is 3.83.